The Morgan fingerprint density at radius 2 is 1.72 bits per heavy atom. The minimum absolute atomic E-state index is 0.657. The van der Waals surface area contributed by atoms with Crippen molar-refractivity contribution < 1.29 is 0 Å². The number of H-pyrrole nitrogens is 1. The zero-order valence-electron chi connectivity index (χ0n) is 13.5. The summed E-state index contributed by atoms with van der Waals surface area (Å²) in [6.07, 6.45) is 0. The van der Waals surface area contributed by atoms with Crippen LogP contribution in [0.4, 0.5) is 0 Å². The molecule has 0 unspecified atom stereocenters. The molecule has 0 spiro atoms. The lowest BCUT2D eigenvalue weighted by Crippen LogP contribution is -2.03. The van der Waals surface area contributed by atoms with Gasteiger partial charge in [0.15, 0.2) is 11.6 Å². The molecule has 3 heterocycles. The largest absolute Gasteiger partial charge is 0.343 e. The molecule has 0 atom stereocenters. The maximum atomic E-state index is 4.81. The number of nitrogens with one attached hydrogen (secondary N) is 1. The smallest absolute Gasteiger partial charge is 0.169 e. The Labute approximate surface area is 143 Å². The van der Waals surface area contributed by atoms with E-state index in [-0.39, 0.29) is 0 Å². The third-order valence-corrected chi connectivity index (χ3v) is 4.19. The number of hydrogen-bond acceptors (Lipinski definition) is 4. The van der Waals surface area contributed by atoms with Crippen LogP contribution in [0, 0.1) is 6.92 Å². The Bertz CT molecular complexity index is 1200. The van der Waals surface area contributed by atoms with E-state index in [1.165, 1.54) is 0 Å². The summed E-state index contributed by atoms with van der Waals surface area (Å²) in [5.74, 6) is 1.38. The monoisotopic (exact) mass is 326 g/mol. The molecule has 0 aliphatic rings. The van der Waals surface area contributed by atoms with Crippen LogP contribution in [0.25, 0.3) is 39.3 Å². The molecule has 0 radical (unpaired) electrons. The van der Waals surface area contributed by atoms with Crippen LogP contribution >= 0.6 is 0 Å². The molecule has 2 aromatic carbocycles. The lowest BCUT2D eigenvalue weighted by atomic mass is 10.2. The van der Waals surface area contributed by atoms with E-state index in [2.05, 4.69) is 20.3 Å². The highest BCUT2D eigenvalue weighted by Gasteiger charge is 2.16. The van der Waals surface area contributed by atoms with Crippen LogP contribution in [0.15, 0.2) is 60.7 Å². The summed E-state index contributed by atoms with van der Waals surface area (Å²) < 4.78 is 1.78. The van der Waals surface area contributed by atoms with Gasteiger partial charge < -0.3 is 4.98 Å². The van der Waals surface area contributed by atoms with Crippen LogP contribution in [0.5, 0.6) is 0 Å². The molecule has 5 aromatic rings. The van der Waals surface area contributed by atoms with Crippen molar-refractivity contribution in [2.45, 2.75) is 6.92 Å². The van der Waals surface area contributed by atoms with Crippen molar-refractivity contribution >= 4 is 22.1 Å². The van der Waals surface area contributed by atoms with Crippen molar-refractivity contribution in [1.82, 2.24) is 29.9 Å². The molecule has 6 nitrogen and oxygen atoms in total. The second-order valence-corrected chi connectivity index (χ2v) is 5.94. The average molecular weight is 326 g/mol. The number of hydrogen-bond donors (Lipinski definition) is 1. The molecule has 5 rings (SSSR count). The molecule has 0 aliphatic carbocycles. The Kier molecular flexibility index (Phi) is 2.90. The minimum Gasteiger partial charge on any atom is -0.343 e. The zero-order valence-corrected chi connectivity index (χ0v) is 13.5. The van der Waals surface area contributed by atoms with Crippen LogP contribution in [-0.2, 0) is 0 Å². The van der Waals surface area contributed by atoms with Crippen molar-refractivity contribution in [3.8, 4) is 17.2 Å². The number of fused-ring (bicyclic) bond motifs is 2. The van der Waals surface area contributed by atoms with Gasteiger partial charge in [0, 0.05) is 11.3 Å². The Morgan fingerprint density at radius 3 is 2.60 bits per heavy atom. The first-order valence-corrected chi connectivity index (χ1v) is 8.03. The second-order valence-electron chi connectivity index (χ2n) is 5.94. The molecule has 1 N–H and O–H groups in total. The van der Waals surface area contributed by atoms with Gasteiger partial charge in [0.1, 0.15) is 11.2 Å². The Hall–Kier alpha value is -3.54. The minimum atomic E-state index is 0.657. The summed E-state index contributed by atoms with van der Waals surface area (Å²) in [4.78, 5) is 12.8. The standard InChI is InChI=1S/C19H14N6/c1-12-11-14-18(20-12)21-17(13-7-3-2-4-8-13)22-19(14)25-16-10-6-5-9-15(16)23-24-25/h2-11H,1H3,(H,20,21,22). The molecule has 0 bridgehead atoms. The predicted octanol–water partition coefficient (Wildman–Crippen LogP) is 3.67. The molecular weight excluding hydrogens is 312 g/mol. The molecule has 0 aliphatic heterocycles. The van der Waals surface area contributed by atoms with Crippen LogP contribution in [-0.4, -0.2) is 29.9 Å². The number of rotatable bonds is 2. The number of aromatic amines is 1. The molecular formula is C19H14N6. The van der Waals surface area contributed by atoms with Gasteiger partial charge in [0.2, 0.25) is 0 Å². The first-order chi connectivity index (χ1) is 12.3. The molecule has 0 fully saturated rings. The highest BCUT2D eigenvalue weighted by atomic mass is 15.4. The van der Waals surface area contributed by atoms with Gasteiger partial charge in [-0.15, -0.1) is 5.10 Å². The fraction of sp³-hybridized carbons (Fsp3) is 0.0526. The summed E-state index contributed by atoms with van der Waals surface area (Å²) >= 11 is 0. The highest BCUT2D eigenvalue weighted by molar-refractivity contribution is 5.88. The van der Waals surface area contributed by atoms with E-state index in [9.17, 15) is 0 Å². The van der Waals surface area contributed by atoms with Gasteiger partial charge in [-0.3, -0.25) is 0 Å². The maximum absolute atomic E-state index is 4.81. The number of aromatic nitrogens is 6. The molecule has 120 valence electrons. The van der Waals surface area contributed by atoms with E-state index in [0.29, 0.717) is 5.82 Å². The molecule has 0 amide bonds. The van der Waals surface area contributed by atoms with Crippen LogP contribution in [0.3, 0.4) is 0 Å². The summed E-state index contributed by atoms with van der Waals surface area (Å²) in [5, 5.41) is 9.50. The Morgan fingerprint density at radius 1 is 0.920 bits per heavy atom. The third kappa shape index (κ3) is 2.19. The topological polar surface area (TPSA) is 72.3 Å². The Balaban J connectivity index is 1.85. The predicted molar refractivity (Wildman–Crippen MR) is 96.5 cm³/mol. The molecule has 6 heteroatoms. The van der Waals surface area contributed by atoms with Gasteiger partial charge >= 0.3 is 0 Å². The lowest BCUT2D eigenvalue weighted by Gasteiger charge is -2.06. The van der Waals surface area contributed by atoms with E-state index in [4.69, 9.17) is 4.98 Å². The normalized spacial score (nSPS) is 11.4. The first kappa shape index (κ1) is 13.9. The average Bonchev–Trinajstić information content (AvgIpc) is 3.24. The van der Waals surface area contributed by atoms with Crippen molar-refractivity contribution in [3.05, 3.63) is 66.4 Å². The van der Waals surface area contributed by atoms with E-state index < -0.39 is 0 Å². The molecule has 3 aromatic heterocycles. The lowest BCUT2D eigenvalue weighted by molar-refractivity contribution is 0.806. The zero-order chi connectivity index (χ0) is 16.8. The second kappa shape index (κ2) is 5.24. The van der Waals surface area contributed by atoms with Gasteiger partial charge in [0.25, 0.3) is 0 Å². The van der Waals surface area contributed by atoms with Crippen molar-refractivity contribution in [3.63, 3.8) is 0 Å². The van der Waals surface area contributed by atoms with E-state index in [1.54, 1.807) is 4.68 Å². The molecule has 0 saturated heterocycles. The summed E-state index contributed by atoms with van der Waals surface area (Å²) in [7, 11) is 0. The van der Waals surface area contributed by atoms with E-state index in [1.807, 2.05) is 67.6 Å². The highest BCUT2D eigenvalue weighted by Crippen LogP contribution is 2.26. The van der Waals surface area contributed by atoms with Crippen molar-refractivity contribution in [1.29, 1.82) is 0 Å². The number of benzene rings is 2. The molecule has 25 heavy (non-hydrogen) atoms. The van der Waals surface area contributed by atoms with Crippen LogP contribution in [0.1, 0.15) is 5.69 Å². The fourth-order valence-electron chi connectivity index (χ4n) is 3.03. The van der Waals surface area contributed by atoms with Crippen LogP contribution in [0.2, 0.25) is 0 Å². The summed E-state index contributed by atoms with van der Waals surface area (Å²) in [6, 6.07) is 19.8. The van der Waals surface area contributed by atoms with Gasteiger partial charge in [-0.25, -0.2) is 9.97 Å². The number of para-hydroxylation sites is 1. The van der Waals surface area contributed by atoms with Gasteiger partial charge in [-0.1, -0.05) is 47.7 Å². The number of aryl methyl sites for hydroxylation is 1. The van der Waals surface area contributed by atoms with Crippen LogP contribution < -0.4 is 0 Å². The first-order valence-electron chi connectivity index (χ1n) is 8.03. The SMILES string of the molecule is Cc1cc2c(-n3nnc4ccccc43)nc(-c3ccccc3)nc2[nH]1. The van der Waals surface area contributed by atoms with E-state index >= 15 is 0 Å². The van der Waals surface area contributed by atoms with Crippen molar-refractivity contribution in [2.75, 3.05) is 0 Å². The van der Waals surface area contributed by atoms with Crippen molar-refractivity contribution in [2.24, 2.45) is 0 Å². The number of nitrogens with zero attached hydrogens (tertiary/aromatic N) is 5. The maximum Gasteiger partial charge on any atom is 0.169 e. The third-order valence-electron chi connectivity index (χ3n) is 4.19. The summed E-state index contributed by atoms with van der Waals surface area (Å²) in [6.45, 7) is 2.01. The fourth-order valence-corrected chi connectivity index (χ4v) is 3.03. The molecule has 0 saturated carbocycles. The van der Waals surface area contributed by atoms with Gasteiger partial charge in [-0.2, -0.15) is 4.68 Å². The van der Waals surface area contributed by atoms with Gasteiger partial charge in [0.05, 0.1) is 10.9 Å². The summed E-state index contributed by atoms with van der Waals surface area (Å²) in [5.41, 5.74) is 4.53. The van der Waals surface area contributed by atoms with Gasteiger partial charge in [-0.05, 0) is 25.1 Å². The van der Waals surface area contributed by atoms with E-state index in [0.717, 1.165) is 39.1 Å². The quantitative estimate of drug-likeness (QED) is 0.537.